The van der Waals surface area contributed by atoms with Crippen LogP contribution in [0.3, 0.4) is 0 Å². The third kappa shape index (κ3) is 2.18. The molecular formula is C11H20O4. The smallest absolute Gasteiger partial charge is 0.163 e. The molecule has 0 amide bonds. The normalized spacial score (nSPS) is 43.4. The van der Waals surface area contributed by atoms with E-state index in [4.69, 9.17) is 18.9 Å². The first-order valence-electron chi connectivity index (χ1n) is 5.38. The molecule has 2 saturated heterocycles. The fourth-order valence-corrected chi connectivity index (χ4v) is 2.08. The van der Waals surface area contributed by atoms with Crippen LogP contribution in [-0.2, 0) is 18.9 Å². The molecule has 0 aromatic rings. The van der Waals surface area contributed by atoms with Gasteiger partial charge in [-0.1, -0.05) is 0 Å². The Hall–Kier alpha value is -0.160. The zero-order chi connectivity index (χ0) is 11.3. The molecule has 2 heterocycles. The minimum absolute atomic E-state index is 0.0609. The number of hydrogen-bond acceptors (Lipinski definition) is 4. The monoisotopic (exact) mass is 216 g/mol. The van der Waals surface area contributed by atoms with Crippen molar-refractivity contribution >= 4 is 0 Å². The van der Waals surface area contributed by atoms with Crippen LogP contribution < -0.4 is 0 Å². The van der Waals surface area contributed by atoms with Gasteiger partial charge in [-0.05, 0) is 34.6 Å². The van der Waals surface area contributed by atoms with Crippen molar-refractivity contribution in [3.63, 3.8) is 0 Å². The van der Waals surface area contributed by atoms with E-state index in [-0.39, 0.29) is 6.10 Å². The third-order valence-corrected chi connectivity index (χ3v) is 2.87. The number of hydrogen-bond donors (Lipinski definition) is 0. The maximum Gasteiger partial charge on any atom is 0.163 e. The van der Waals surface area contributed by atoms with E-state index >= 15 is 0 Å². The summed E-state index contributed by atoms with van der Waals surface area (Å²) in [4.78, 5) is 0. The van der Waals surface area contributed by atoms with Crippen molar-refractivity contribution in [2.45, 2.75) is 57.9 Å². The van der Waals surface area contributed by atoms with E-state index < -0.39 is 17.2 Å². The molecule has 0 bridgehead atoms. The Kier molecular flexibility index (Phi) is 2.39. The Morgan fingerprint density at radius 2 is 1.60 bits per heavy atom. The highest BCUT2D eigenvalue weighted by molar-refractivity contribution is 4.94. The van der Waals surface area contributed by atoms with Crippen LogP contribution in [0, 0.1) is 0 Å². The van der Waals surface area contributed by atoms with Crippen LogP contribution in [0.4, 0.5) is 0 Å². The molecule has 0 aliphatic carbocycles. The SMILES string of the molecule is CC1(C)OC[C@H]([C@]2(C)COC(C)(C)O2)O1. The summed E-state index contributed by atoms with van der Waals surface area (Å²) in [5.41, 5.74) is -0.405. The molecule has 0 aromatic carbocycles. The predicted octanol–water partition coefficient (Wildman–Crippen LogP) is 1.68. The first-order chi connectivity index (χ1) is 6.73. The van der Waals surface area contributed by atoms with Gasteiger partial charge in [0.1, 0.15) is 11.7 Å². The molecular weight excluding hydrogens is 196 g/mol. The van der Waals surface area contributed by atoms with Gasteiger partial charge in [0.15, 0.2) is 11.6 Å². The van der Waals surface area contributed by atoms with E-state index in [0.29, 0.717) is 13.2 Å². The molecule has 88 valence electrons. The zero-order valence-corrected chi connectivity index (χ0v) is 10.1. The summed E-state index contributed by atoms with van der Waals surface area (Å²) >= 11 is 0. The highest BCUT2D eigenvalue weighted by Gasteiger charge is 2.52. The van der Waals surface area contributed by atoms with Gasteiger partial charge in [-0.15, -0.1) is 0 Å². The molecule has 2 aliphatic rings. The molecule has 0 saturated carbocycles. The highest BCUT2D eigenvalue weighted by atomic mass is 16.8. The lowest BCUT2D eigenvalue weighted by molar-refractivity contribution is -0.200. The Labute approximate surface area is 90.8 Å². The van der Waals surface area contributed by atoms with Gasteiger partial charge in [0, 0.05) is 0 Å². The van der Waals surface area contributed by atoms with Crippen LogP contribution in [0.5, 0.6) is 0 Å². The van der Waals surface area contributed by atoms with Gasteiger partial charge in [0.25, 0.3) is 0 Å². The van der Waals surface area contributed by atoms with Crippen LogP contribution in [-0.4, -0.2) is 36.5 Å². The summed E-state index contributed by atoms with van der Waals surface area (Å²) in [5.74, 6) is -1.03. The van der Waals surface area contributed by atoms with Gasteiger partial charge in [0.2, 0.25) is 0 Å². The fourth-order valence-electron chi connectivity index (χ4n) is 2.08. The maximum atomic E-state index is 5.89. The Balaban J connectivity index is 2.06. The molecule has 4 nitrogen and oxygen atoms in total. The van der Waals surface area contributed by atoms with Crippen molar-refractivity contribution in [3.05, 3.63) is 0 Å². The van der Waals surface area contributed by atoms with Gasteiger partial charge < -0.3 is 18.9 Å². The quantitative estimate of drug-likeness (QED) is 0.668. The molecule has 2 fully saturated rings. The average Bonchev–Trinajstić information content (AvgIpc) is 2.54. The lowest BCUT2D eigenvalue weighted by Gasteiger charge is -2.30. The second-order valence-electron chi connectivity index (χ2n) is 5.42. The summed E-state index contributed by atoms with van der Waals surface area (Å²) < 4.78 is 22.8. The van der Waals surface area contributed by atoms with Crippen molar-refractivity contribution in [2.75, 3.05) is 13.2 Å². The summed E-state index contributed by atoms with van der Waals surface area (Å²) in [6, 6.07) is 0. The molecule has 2 atom stereocenters. The van der Waals surface area contributed by atoms with Gasteiger partial charge in [-0.3, -0.25) is 0 Å². The number of ether oxygens (including phenoxy) is 4. The van der Waals surface area contributed by atoms with Crippen molar-refractivity contribution in [3.8, 4) is 0 Å². The topological polar surface area (TPSA) is 36.9 Å². The van der Waals surface area contributed by atoms with Crippen LogP contribution in [0.1, 0.15) is 34.6 Å². The second kappa shape index (κ2) is 3.17. The lowest BCUT2D eigenvalue weighted by Crippen LogP contribution is -2.45. The Bertz CT molecular complexity index is 261. The molecule has 0 unspecified atom stereocenters. The number of rotatable bonds is 1. The minimum Gasteiger partial charge on any atom is -0.348 e. The summed E-state index contributed by atoms with van der Waals surface area (Å²) in [6.45, 7) is 10.8. The molecule has 2 rings (SSSR count). The molecule has 0 radical (unpaired) electrons. The molecule has 0 N–H and O–H groups in total. The summed E-state index contributed by atoms with van der Waals surface area (Å²) in [5, 5.41) is 0. The second-order valence-corrected chi connectivity index (χ2v) is 5.42. The predicted molar refractivity (Wildman–Crippen MR) is 54.4 cm³/mol. The molecule has 4 heteroatoms. The van der Waals surface area contributed by atoms with Crippen molar-refractivity contribution in [2.24, 2.45) is 0 Å². The molecule has 2 aliphatic heterocycles. The highest BCUT2D eigenvalue weighted by Crippen LogP contribution is 2.38. The van der Waals surface area contributed by atoms with E-state index in [0.717, 1.165) is 0 Å². The van der Waals surface area contributed by atoms with E-state index in [2.05, 4.69) is 0 Å². The van der Waals surface area contributed by atoms with Crippen molar-refractivity contribution < 1.29 is 18.9 Å². The fraction of sp³-hybridized carbons (Fsp3) is 1.00. The average molecular weight is 216 g/mol. The molecule has 15 heavy (non-hydrogen) atoms. The van der Waals surface area contributed by atoms with E-state index in [9.17, 15) is 0 Å². The van der Waals surface area contributed by atoms with Crippen LogP contribution in [0.2, 0.25) is 0 Å². The zero-order valence-electron chi connectivity index (χ0n) is 10.1. The Morgan fingerprint density at radius 3 is 2.00 bits per heavy atom. The van der Waals surface area contributed by atoms with Crippen molar-refractivity contribution in [1.82, 2.24) is 0 Å². The first-order valence-corrected chi connectivity index (χ1v) is 5.38. The standard InChI is InChI=1S/C11H20O4/c1-9(2)12-6-8(14-9)11(5)7-13-10(3,4)15-11/h8H,6-7H2,1-5H3/t8-,11+/m1/s1. The maximum absolute atomic E-state index is 5.89. The van der Waals surface area contributed by atoms with E-state index in [1.165, 1.54) is 0 Å². The van der Waals surface area contributed by atoms with Gasteiger partial charge in [-0.25, -0.2) is 0 Å². The summed E-state index contributed by atoms with van der Waals surface area (Å²) in [6.07, 6.45) is -0.0609. The first kappa shape index (κ1) is 11.3. The van der Waals surface area contributed by atoms with Crippen LogP contribution >= 0.6 is 0 Å². The lowest BCUT2D eigenvalue weighted by atomic mass is 10.0. The molecule has 0 spiro atoms. The molecule has 0 aromatic heterocycles. The van der Waals surface area contributed by atoms with Crippen molar-refractivity contribution in [1.29, 1.82) is 0 Å². The summed E-state index contributed by atoms with van der Waals surface area (Å²) in [7, 11) is 0. The van der Waals surface area contributed by atoms with Gasteiger partial charge >= 0.3 is 0 Å². The van der Waals surface area contributed by atoms with E-state index in [1.54, 1.807) is 0 Å². The van der Waals surface area contributed by atoms with Crippen LogP contribution in [0.15, 0.2) is 0 Å². The largest absolute Gasteiger partial charge is 0.348 e. The van der Waals surface area contributed by atoms with Gasteiger partial charge in [-0.2, -0.15) is 0 Å². The Morgan fingerprint density at radius 1 is 0.933 bits per heavy atom. The van der Waals surface area contributed by atoms with Gasteiger partial charge in [0.05, 0.1) is 13.2 Å². The third-order valence-electron chi connectivity index (χ3n) is 2.87. The minimum atomic E-state index is -0.523. The van der Waals surface area contributed by atoms with E-state index in [1.807, 2.05) is 34.6 Å². The van der Waals surface area contributed by atoms with Crippen LogP contribution in [0.25, 0.3) is 0 Å².